The van der Waals surface area contributed by atoms with E-state index >= 15 is 0 Å². The van der Waals surface area contributed by atoms with Crippen molar-refractivity contribution in [3.05, 3.63) is 126 Å². The summed E-state index contributed by atoms with van der Waals surface area (Å²) in [5.41, 5.74) is 3.74. The molecular formula is C30H27NO3. The van der Waals surface area contributed by atoms with Crippen molar-refractivity contribution >= 4 is 11.9 Å². The normalized spacial score (nSPS) is 11.6. The number of carbonyl (C=O) groups excluding carboxylic acids is 2. The van der Waals surface area contributed by atoms with E-state index in [1.54, 1.807) is 43.3 Å². The second-order valence-corrected chi connectivity index (χ2v) is 7.60. The fourth-order valence-electron chi connectivity index (χ4n) is 3.64. The van der Waals surface area contributed by atoms with Gasteiger partial charge in [0.25, 0.3) is 5.91 Å². The quantitative estimate of drug-likeness (QED) is 0.288. The minimum Gasteiger partial charge on any atom is -0.467 e. The highest BCUT2D eigenvalue weighted by atomic mass is 16.5. The predicted octanol–water partition coefficient (Wildman–Crippen LogP) is 5.07. The van der Waals surface area contributed by atoms with E-state index in [4.69, 9.17) is 4.74 Å². The number of hydrogen-bond donors (Lipinski definition) is 0. The van der Waals surface area contributed by atoms with Crippen molar-refractivity contribution in [2.24, 2.45) is 0 Å². The number of methoxy groups -OCH3 is 1. The highest BCUT2D eigenvalue weighted by Crippen LogP contribution is 2.27. The van der Waals surface area contributed by atoms with Crippen LogP contribution in [0.4, 0.5) is 0 Å². The molecule has 0 aromatic heterocycles. The maximum atomic E-state index is 13.8. The molecule has 34 heavy (non-hydrogen) atoms. The second kappa shape index (κ2) is 12.1. The van der Waals surface area contributed by atoms with Gasteiger partial charge in [-0.05, 0) is 48.9 Å². The van der Waals surface area contributed by atoms with Crippen LogP contribution in [0, 0.1) is 11.8 Å². The van der Waals surface area contributed by atoms with Crippen LogP contribution >= 0.6 is 0 Å². The fraction of sp³-hybridized carbons (Fsp3) is 0.167. The van der Waals surface area contributed by atoms with Crippen molar-refractivity contribution in [1.29, 1.82) is 0 Å². The summed E-state index contributed by atoms with van der Waals surface area (Å²) >= 11 is 0. The zero-order chi connectivity index (χ0) is 24.2. The van der Waals surface area contributed by atoms with Crippen molar-refractivity contribution in [3.63, 3.8) is 0 Å². The van der Waals surface area contributed by atoms with E-state index in [-0.39, 0.29) is 18.9 Å². The standard InChI is InChI=1S/C30H27NO3/c1-3-4-22-30(29(33)34-2,24-26-17-10-6-11-18-26)31(28(32)27-20-12-7-13-21-27)23-14-19-25-15-8-5-9-16-25/h3,5-13,15-18,20-22H,23-24H2,1-2H3. The highest BCUT2D eigenvalue weighted by Gasteiger charge is 2.46. The van der Waals surface area contributed by atoms with Gasteiger partial charge in [0.2, 0.25) is 0 Å². The van der Waals surface area contributed by atoms with Crippen LogP contribution < -0.4 is 0 Å². The van der Waals surface area contributed by atoms with E-state index in [0.717, 1.165) is 11.1 Å². The Hall–Kier alpha value is -4.32. The Morgan fingerprint density at radius 3 is 2.09 bits per heavy atom. The van der Waals surface area contributed by atoms with E-state index in [2.05, 4.69) is 17.6 Å². The van der Waals surface area contributed by atoms with Gasteiger partial charge in [-0.2, -0.15) is 0 Å². The van der Waals surface area contributed by atoms with E-state index in [1.165, 1.54) is 12.0 Å². The van der Waals surface area contributed by atoms with Gasteiger partial charge in [-0.25, -0.2) is 4.79 Å². The molecule has 0 N–H and O–H groups in total. The van der Waals surface area contributed by atoms with Crippen molar-refractivity contribution in [2.75, 3.05) is 13.7 Å². The van der Waals surface area contributed by atoms with Crippen LogP contribution in [0.3, 0.4) is 0 Å². The third-order valence-electron chi connectivity index (χ3n) is 5.34. The number of benzene rings is 3. The van der Waals surface area contributed by atoms with E-state index in [9.17, 15) is 9.59 Å². The zero-order valence-corrected chi connectivity index (χ0v) is 19.4. The fourth-order valence-corrected chi connectivity index (χ4v) is 3.64. The van der Waals surface area contributed by atoms with Gasteiger partial charge in [-0.3, -0.25) is 4.79 Å². The van der Waals surface area contributed by atoms with Crippen LogP contribution in [0.2, 0.25) is 0 Å². The molecule has 0 saturated heterocycles. The molecule has 0 fully saturated rings. The van der Waals surface area contributed by atoms with Crippen LogP contribution in [0.5, 0.6) is 0 Å². The molecule has 3 aromatic carbocycles. The molecular weight excluding hydrogens is 422 g/mol. The van der Waals surface area contributed by atoms with Crippen LogP contribution in [-0.4, -0.2) is 36.0 Å². The molecule has 3 rings (SSSR count). The lowest BCUT2D eigenvalue weighted by atomic mass is 9.87. The van der Waals surface area contributed by atoms with Crippen molar-refractivity contribution in [2.45, 2.75) is 18.9 Å². The molecule has 0 saturated carbocycles. The smallest absolute Gasteiger partial charge is 0.336 e. The Labute approximate surface area is 201 Å². The van der Waals surface area contributed by atoms with E-state index in [1.807, 2.05) is 66.7 Å². The second-order valence-electron chi connectivity index (χ2n) is 7.60. The average molecular weight is 450 g/mol. The predicted molar refractivity (Wildman–Crippen MR) is 134 cm³/mol. The summed E-state index contributed by atoms with van der Waals surface area (Å²) in [4.78, 5) is 28.7. The van der Waals surface area contributed by atoms with Gasteiger partial charge < -0.3 is 9.64 Å². The highest BCUT2D eigenvalue weighted by molar-refractivity contribution is 5.99. The molecule has 0 radical (unpaired) electrons. The van der Waals surface area contributed by atoms with Crippen molar-refractivity contribution < 1.29 is 14.3 Å². The van der Waals surface area contributed by atoms with Gasteiger partial charge >= 0.3 is 5.97 Å². The zero-order valence-electron chi connectivity index (χ0n) is 19.4. The molecule has 4 nitrogen and oxygen atoms in total. The average Bonchev–Trinajstić information content (AvgIpc) is 2.90. The largest absolute Gasteiger partial charge is 0.467 e. The summed E-state index contributed by atoms with van der Waals surface area (Å²) in [7, 11) is 1.33. The summed E-state index contributed by atoms with van der Waals surface area (Å²) in [6, 6.07) is 27.9. The van der Waals surface area contributed by atoms with Crippen LogP contribution in [0.1, 0.15) is 28.4 Å². The molecule has 0 aliphatic carbocycles. The maximum absolute atomic E-state index is 13.8. The SMILES string of the molecule is CC=C=CC(Cc1ccccc1)(C(=O)OC)N(CC#Cc1ccccc1)C(=O)c1ccccc1. The summed E-state index contributed by atoms with van der Waals surface area (Å²) in [6.07, 6.45) is 3.52. The Balaban J connectivity index is 2.16. The number of rotatable bonds is 7. The third-order valence-corrected chi connectivity index (χ3v) is 5.34. The molecule has 0 spiro atoms. The first-order valence-corrected chi connectivity index (χ1v) is 11.0. The van der Waals surface area contributed by atoms with Crippen LogP contribution in [0.15, 0.2) is 109 Å². The molecule has 0 bridgehead atoms. The van der Waals surface area contributed by atoms with Crippen LogP contribution in [0.25, 0.3) is 0 Å². The monoisotopic (exact) mass is 449 g/mol. The Kier molecular flexibility index (Phi) is 8.63. The van der Waals surface area contributed by atoms with Gasteiger partial charge in [0.05, 0.1) is 13.7 Å². The van der Waals surface area contributed by atoms with Crippen molar-refractivity contribution in [3.8, 4) is 11.8 Å². The molecule has 170 valence electrons. The molecule has 4 heteroatoms. The third kappa shape index (κ3) is 5.92. The summed E-state index contributed by atoms with van der Waals surface area (Å²) in [6.45, 7) is 1.83. The topological polar surface area (TPSA) is 46.6 Å². The van der Waals surface area contributed by atoms with Gasteiger partial charge in [-0.1, -0.05) is 78.6 Å². The summed E-state index contributed by atoms with van der Waals surface area (Å²) in [5.74, 6) is 5.30. The Bertz CT molecular complexity index is 1210. The minimum atomic E-state index is -1.44. The first kappa shape index (κ1) is 24.3. The lowest BCUT2D eigenvalue weighted by molar-refractivity contribution is -0.150. The van der Waals surface area contributed by atoms with Gasteiger partial charge in [0, 0.05) is 17.5 Å². The number of esters is 1. The van der Waals surface area contributed by atoms with Crippen LogP contribution in [-0.2, 0) is 16.0 Å². The number of nitrogens with zero attached hydrogens (tertiary/aromatic N) is 1. The first-order valence-electron chi connectivity index (χ1n) is 11.0. The molecule has 1 amide bonds. The molecule has 0 heterocycles. The number of carbonyl (C=O) groups is 2. The minimum absolute atomic E-state index is 0.0203. The van der Waals surface area contributed by atoms with Gasteiger partial charge in [0.1, 0.15) is 0 Å². The molecule has 0 aliphatic rings. The molecule has 3 aromatic rings. The number of hydrogen-bond acceptors (Lipinski definition) is 3. The first-order chi connectivity index (χ1) is 16.6. The molecule has 1 unspecified atom stereocenters. The van der Waals surface area contributed by atoms with E-state index < -0.39 is 11.5 Å². The van der Waals surface area contributed by atoms with Crippen molar-refractivity contribution in [1.82, 2.24) is 4.90 Å². The number of amides is 1. The van der Waals surface area contributed by atoms with E-state index in [0.29, 0.717) is 5.56 Å². The van der Waals surface area contributed by atoms with Gasteiger partial charge in [0.15, 0.2) is 5.54 Å². The lowest BCUT2D eigenvalue weighted by Gasteiger charge is -2.38. The Morgan fingerprint density at radius 1 is 0.912 bits per heavy atom. The summed E-state index contributed by atoms with van der Waals surface area (Å²) < 4.78 is 5.25. The Morgan fingerprint density at radius 2 is 1.50 bits per heavy atom. The molecule has 0 aliphatic heterocycles. The molecule has 1 atom stereocenters. The number of ether oxygens (including phenoxy) is 1. The maximum Gasteiger partial charge on any atom is 0.336 e. The summed E-state index contributed by atoms with van der Waals surface area (Å²) in [5, 5.41) is 0. The van der Waals surface area contributed by atoms with Gasteiger partial charge in [-0.15, -0.1) is 5.73 Å². The lowest BCUT2D eigenvalue weighted by Crippen LogP contribution is -2.58.